The molecule has 2 rings (SSSR count). The van der Waals surface area contributed by atoms with Crippen molar-refractivity contribution in [2.75, 3.05) is 25.5 Å². The Kier molecular flexibility index (Phi) is 7.26. The Balaban J connectivity index is 1.61. The highest BCUT2D eigenvalue weighted by Gasteiger charge is 2.27. The van der Waals surface area contributed by atoms with Gasteiger partial charge in [-0.25, -0.2) is 4.98 Å². The molecule has 25 heavy (non-hydrogen) atoms. The number of nitrogens with zero attached hydrogens (tertiary/aromatic N) is 2. The van der Waals surface area contributed by atoms with E-state index in [0.29, 0.717) is 22.8 Å². The molecule has 0 aliphatic rings. The maximum Gasteiger partial charge on any atom is 0.411 e. The van der Waals surface area contributed by atoms with Gasteiger partial charge < -0.3 is 10.1 Å². The van der Waals surface area contributed by atoms with Crippen LogP contribution in [0, 0.1) is 0 Å². The van der Waals surface area contributed by atoms with Gasteiger partial charge in [-0.2, -0.15) is 13.2 Å². The summed E-state index contributed by atoms with van der Waals surface area (Å²) in [5.41, 5.74) is 0.441. The molecule has 0 aliphatic heterocycles. The van der Waals surface area contributed by atoms with E-state index in [-0.39, 0.29) is 30.4 Å². The number of hydrogen-bond acceptors (Lipinski definition) is 6. The lowest BCUT2D eigenvalue weighted by Crippen LogP contribution is -2.27. The van der Waals surface area contributed by atoms with Gasteiger partial charge >= 0.3 is 6.18 Å². The molecule has 0 unspecified atom stereocenters. The lowest BCUT2D eigenvalue weighted by Gasteiger charge is -2.08. The second kappa shape index (κ2) is 9.20. The summed E-state index contributed by atoms with van der Waals surface area (Å²) in [6.45, 7) is -1.10. The first-order valence-electron chi connectivity index (χ1n) is 7.30. The van der Waals surface area contributed by atoms with E-state index in [2.05, 4.69) is 15.0 Å². The molecule has 0 atom stereocenters. The Hall–Kier alpha value is -1.59. The van der Waals surface area contributed by atoms with Crippen LogP contribution >= 0.6 is 23.1 Å². The Labute approximate surface area is 149 Å². The summed E-state index contributed by atoms with van der Waals surface area (Å²) in [6, 6.07) is 1.43. The highest BCUT2D eigenvalue weighted by Crippen LogP contribution is 2.14. The average molecular weight is 395 g/mol. The third-order valence-corrected chi connectivity index (χ3v) is 4.62. The zero-order valence-corrected chi connectivity index (χ0v) is 14.7. The summed E-state index contributed by atoms with van der Waals surface area (Å²) in [5, 5.41) is 4.37. The van der Waals surface area contributed by atoms with Crippen LogP contribution in [0.15, 0.2) is 22.4 Å². The molecule has 1 N–H and O–H groups in total. The van der Waals surface area contributed by atoms with E-state index in [1.807, 2.05) is 0 Å². The highest BCUT2D eigenvalue weighted by atomic mass is 32.2. The van der Waals surface area contributed by atoms with Crippen molar-refractivity contribution in [1.82, 2.24) is 14.7 Å². The average Bonchev–Trinajstić information content (AvgIpc) is 2.99. The first-order valence-corrected chi connectivity index (χ1v) is 9.33. The fourth-order valence-corrected chi connectivity index (χ4v) is 3.34. The van der Waals surface area contributed by atoms with Crippen LogP contribution in [0.3, 0.4) is 0 Å². The van der Waals surface area contributed by atoms with Crippen LogP contribution in [0.5, 0.6) is 0 Å². The van der Waals surface area contributed by atoms with Gasteiger partial charge in [-0.3, -0.25) is 14.0 Å². The zero-order chi connectivity index (χ0) is 18.3. The number of thiazole rings is 1. The van der Waals surface area contributed by atoms with Crippen LogP contribution < -0.4 is 10.9 Å². The molecule has 2 aromatic rings. The Morgan fingerprint density at radius 1 is 1.44 bits per heavy atom. The molecule has 0 saturated heterocycles. The minimum Gasteiger partial charge on any atom is -0.372 e. The number of rotatable bonds is 9. The van der Waals surface area contributed by atoms with Crippen LogP contribution in [0.1, 0.15) is 12.1 Å². The van der Waals surface area contributed by atoms with Gasteiger partial charge in [-0.15, -0.1) is 23.1 Å². The lowest BCUT2D eigenvalue weighted by atomic mass is 10.4. The number of carbonyl (C=O) groups is 1. The maximum atomic E-state index is 11.8. The first kappa shape index (κ1) is 19.7. The van der Waals surface area contributed by atoms with Gasteiger partial charge in [0.2, 0.25) is 5.91 Å². The lowest BCUT2D eigenvalue weighted by molar-refractivity contribution is -0.174. The van der Waals surface area contributed by atoms with Crippen molar-refractivity contribution in [3.8, 4) is 0 Å². The number of alkyl halides is 3. The van der Waals surface area contributed by atoms with Gasteiger partial charge in [0.1, 0.15) is 6.61 Å². The van der Waals surface area contributed by atoms with Crippen molar-refractivity contribution in [3.05, 3.63) is 33.7 Å². The fraction of sp³-hybridized carbons (Fsp3) is 0.500. The molecule has 138 valence electrons. The predicted octanol–water partition coefficient (Wildman–Crippen LogP) is 2.07. The quantitative estimate of drug-likeness (QED) is 0.658. The van der Waals surface area contributed by atoms with E-state index in [0.717, 1.165) is 0 Å². The van der Waals surface area contributed by atoms with E-state index in [9.17, 15) is 22.8 Å². The molecule has 2 heterocycles. The summed E-state index contributed by atoms with van der Waals surface area (Å²) in [6.07, 6.45) is -2.37. The minimum absolute atomic E-state index is 0.0678. The van der Waals surface area contributed by atoms with E-state index >= 15 is 0 Å². The smallest absolute Gasteiger partial charge is 0.372 e. The maximum absolute atomic E-state index is 11.8. The molecule has 0 bridgehead atoms. The van der Waals surface area contributed by atoms with E-state index < -0.39 is 12.8 Å². The molecule has 0 aliphatic carbocycles. The Bertz CT molecular complexity index is 761. The van der Waals surface area contributed by atoms with E-state index in [1.54, 1.807) is 11.6 Å². The zero-order valence-electron chi connectivity index (χ0n) is 13.0. The topological polar surface area (TPSA) is 72.7 Å². The van der Waals surface area contributed by atoms with Gasteiger partial charge in [0.25, 0.3) is 5.56 Å². The number of halogens is 3. The fourth-order valence-electron chi connectivity index (χ4n) is 1.85. The molecular weight excluding hydrogens is 379 g/mol. The summed E-state index contributed by atoms with van der Waals surface area (Å²) in [7, 11) is 0. The number of carbonyl (C=O) groups excluding carboxylic acids is 1. The highest BCUT2D eigenvalue weighted by molar-refractivity contribution is 7.99. The number of hydrogen-bond donors (Lipinski definition) is 1. The molecule has 6 nitrogen and oxygen atoms in total. The molecule has 2 aromatic heterocycles. The number of fused-ring (bicyclic) bond motifs is 1. The van der Waals surface area contributed by atoms with Crippen molar-refractivity contribution < 1.29 is 22.7 Å². The number of amides is 1. The van der Waals surface area contributed by atoms with Gasteiger partial charge in [0.05, 0.1) is 11.4 Å². The normalized spacial score (nSPS) is 11.8. The Morgan fingerprint density at radius 2 is 2.24 bits per heavy atom. The summed E-state index contributed by atoms with van der Waals surface area (Å²) < 4.78 is 41.4. The largest absolute Gasteiger partial charge is 0.411 e. The van der Waals surface area contributed by atoms with Crippen molar-refractivity contribution in [2.24, 2.45) is 0 Å². The standard InChI is InChI=1S/C14H16F3N3O3S2/c15-14(16,17)9-23-4-1-2-18-11(21)8-24-7-10-6-12(22)20-3-5-25-13(20)19-10/h3,5-6H,1-2,4,7-9H2,(H,18,21). The molecule has 1 amide bonds. The number of thioether (sulfide) groups is 1. The molecular formula is C14H16F3N3O3S2. The molecule has 0 fully saturated rings. The van der Waals surface area contributed by atoms with E-state index in [1.165, 1.54) is 33.6 Å². The van der Waals surface area contributed by atoms with Gasteiger partial charge in [-0.1, -0.05) is 0 Å². The predicted molar refractivity (Wildman–Crippen MR) is 90.0 cm³/mol. The monoisotopic (exact) mass is 395 g/mol. The third-order valence-electron chi connectivity index (χ3n) is 2.89. The van der Waals surface area contributed by atoms with Gasteiger partial charge in [-0.05, 0) is 6.42 Å². The van der Waals surface area contributed by atoms with Crippen LogP contribution in [-0.2, 0) is 15.3 Å². The summed E-state index contributed by atoms with van der Waals surface area (Å²) >= 11 is 2.66. The second-order valence-corrected chi connectivity index (χ2v) is 6.86. The molecule has 0 aromatic carbocycles. The Morgan fingerprint density at radius 3 is 3.00 bits per heavy atom. The van der Waals surface area contributed by atoms with Crippen molar-refractivity contribution in [2.45, 2.75) is 18.3 Å². The van der Waals surface area contributed by atoms with Crippen LogP contribution in [0.25, 0.3) is 4.96 Å². The van der Waals surface area contributed by atoms with Gasteiger partial charge in [0.15, 0.2) is 4.96 Å². The van der Waals surface area contributed by atoms with E-state index in [4.69, 9.17) is 0 Å². The number of aromatic nitrogens is 2. The molecule has 0 saturated carbocycles. The van der Waals surface area contributed by atoms with Gasteiger partial charge in [0, 0.05) is 36.5 Å². The number of nitrogens with one attached hydrogen (secondary N) is 1. The SMILES string of the molecule is O=C(CSCc1cc(=O)n2ccsc2n1)NCCCOCC(F)(F)F. The first-order chi connectivity index (χ1) is 11.8. The molecule has 11 heteroatoms. The minimum atomic E-state index is -4.33. The van der Waals surface area contributed by atoms with Crippen molar-refractivity contribution in [1.29, 1.82) is 0 Å². The second-order valence-electron chi connectivity index (χ2n) is 5.01. The van der Waals surface area contributed by atoms with Crippen LogP contribution in [0.2, 0.25) is 0 Å². The number of ether oxygens (including phenoxy) is 1. The molecule has 0 radical (unpaired) electrons. The summed E-state index contributed by atoms with van der Waals surface area (Å²) in [5.74, 6) is 0.371. The van der Waals surface area contributed by atoms with Crippen LogP contribution in [0.4, 0.5) is 13.2 Å². The third kappa shape index (κ3) is 7.04. The van der Waals surface area contributed by atoms with Crippen LogP contribution in [-0.4, -0.2) is 47.0 Å². The van der Waals surface area contributed by atoms with Crippen molar-refractivity contribution >= 4 is 34.0 Å². The molecule has 0 spiro atoms. The van der Waals surface area contributed by atoms with Crippen molar-refractivity contribution in [3.63, 3.8) is 0 Å². The summed E-state index contributed by atoms with van der Waals surface area (Å²) in [4.78, 5) is 28.4.